The zero-order valence-corrected chi connectivity index (χ0v) is 11.4. The molecule has 2 nitrogen and oxygen atoms in total. The Morgan fingerprint density at radius 3 is 2.41 bits per heavy atom. The third-order valence-electron chi connectivity index (χ3n) is 3.24. The second-order valence-electron chi connectivity index (χ2n) is 4.71. The van der Waals surface area contributed by atoms with E-state index in [0.717, 1.165) is 36.3 Å². The first-order chi connectivity index (χ1) is 8.08. The molecule has 0 saturated carbocycles. The normalized spacial score (nSPS) is 12.8. The van der Waals surface area contributed by atoms with Crippen molar-refractivity contribution in [1.82, 2.24) is 0 Å². The molecule has 2 heteroatoms. The maximum atomic E-state index is 9.73. The molecule has 0 fully saturated rings. The number of benzene rings is 1. The van der Waals surface area contributed by atoms with Crippen LogP contribution in [0.25, 0.3) is 0 Å². The fraction of sp³-hybridized carbons (Fsp3) is 0.600. The van der Waals surface area contributed by atoms with Gasteiger partial charge in [-0.25, -0.2) is 0 Å². The summed E-state index contributed by atoms with van der Waals surface area (Å²) < 4.78 is 5.84. The molecule has 0 aliphatic carbocycles. The third-order valence-corrected chi connectivity index (χ3v) is 3.24. The van der Waals surface area contributed by atoms with Crippen molar-refractivity contribution < 1.29 is 9.84 Å². The van der Waals surface area contributed by atoms with E-state index in [1.54, 1.807) is 6.92 Å². The SMILES string of the molecule is CCC(CC)COc1ccc(C)cc1[C@H](C)O. The predicted molar refractivity (Wildman–Crippen MR) is 71.4 cm³/mol. The van der Waals surface area contributed by atoms with Crippen LogP contribution in [0.15, 0.2) is 18.2 Å². The van der Waals surface area contributed by atoms with Gasteiger partial charge in [0.15, 0.2) is 0 Å². The van der Waals surface area contributed by atoms with Gasteiger partial charge < -0.3 is 9.84 Å². The van der Waals surface area contributed by atoms with Gasteiger partial charge in [0.2, 0.25) is 0 Å². The van der Waals surface area contributed by atoms with Crippen LogP contribution in [-0.2, 0) is 0 Å². The summed E-state index contributed by atoms with van der Waals surface area (Å²) in [4.78, 5) is 0. The molecule has 0 aliphatic heterocycles. The van der Waals surface area contributed by atoms with Crippen molar-refractivity contribution in [2.24, 2.45) is 5.92 Å². The number of hydrogen-bond donors (Lipinski definition) is 1. The van der Waals surface area contributed by atoms with Crippen molar-refractivity contribution in [2.45, 2.75) is 46.6 Å². The van der Waals surface area contributed by atoms with Gasteiger partial charge in [0, 0.05) is 5.56 Å². The molecule has 0 bridgehead atoms. The molecule has 0 aliphatic rings. The topological polar surface area (TPSA) is 29.5 Å². The Morgan fingerprint density at radius 1 is 1.24 bits per heavy atom. The fourth-order valence-electron chi connectivity index (χ4n) is 1.86. The fourth-order valence-corrected chi connectivity index (χ4v) is 1.86. The number of aryl methyl sites for hydroxylation is 1. The summed E-state index contributed by atoms with van der Waals surface area (Å²) in [6.07, 6.45) is 1.78. The van der Waals surface area contributed by atoms with Crippen molar-refractivity contribution in [3.8, 4) is 5.75 Å². The highest BCUT2D eigenvalue weighted by Gasteiger charge is 2.11. The van der Waals surface area contributed by atoms with Crippen LogP contribution in [-0.4, -0.2) is 11.7 Å². The molecule has 0 amide bonds. The van der Waals surface area contributed by atoms with Crippen LogP contribution in [0.1, 0.15) is 50.8 Å². The molecule has 17 heavy (non-hydrogen) atoms. The summed E-state index contributed by atoms with van der Waals surface area (Å²) >= 11 is 0. The Morgan fingerprint density at radius 2 is 1.88 bits per heavy atom. The number of aliphatic hydroxyl groups excluding tert-OH is 1. The Bertz CT molecular complexity index is 341. The zero-order chi connectivity index (χ0) is 12.8. The van der Waals surface area contributed by atoms with Crippen LogP contribution in [0.4, 0.5) is 0 Å². The molecule has 96 valence electrons. The van der Waals surface area contributed by atoms with Crippen molar-refractivity contribution in [2.75, 3.05) is 6.61 Å². The van der Waals surface area contributed by atoms with E-state index in [4.69, 9.17) is 4.74 Å². The molecule has 0 heterocycles. The summed E-state index contributed by atoms with van der Waals surface area (Å²) in [5.41, 5.74) is 2.03. The molecular weight excluding hydrogens is 212 g/mol. The van der Waals surface area contributed by atoms with Gasteiger partial charge >= 0.3 is 0 Å². The van der Waals surface area contributed by atoms with Crippen molar-refractivity contribution in [3.63, 3.8) is 0 Å². The average molecular weight is 236 g/mol. The molecule has 1 rings (SSSR count). The molecule has 0 radical (unpaired) electrons. The first-order valence-electron chi connectivity index (χ1n) is 6.49. The number of ether oxygens (including phenoxy) is 1. The van der Waals surface area contributed by atoms with E-state index in [2.05, 4.69) is 13.8 Å². The Kier molecular flexibility index (Phi) is 5.49. The van der Waals surface area contributed by atoms with Gasteiger partial charge in [-0.3, -0.25) is 0 Å². The van der Waals surface area contributed by atoms with Gasteiger partial charge in [0.1, 0.15) is 5.75 Å². The number of rotatable bonds is 6. The van der Waals surface area contributed by atoms with Crippen molar-refractivity contribution in [1.29, 1.82) is 0 Å². The summed E-state index contributed by atoms with van der Waals surface area (Å²) in [6, 6.07) is 5.97. The van der Waals surface area contributed by atoms with Gasteiger partial charge in [-0.05, 0) is 31.9 Å². The van der Waals surface area contributed by atoms with Crippen molar-refractivity contribution >= 4 is 0 Å². The van der Waals surface area contributed by atoms with E-state index < -0.39 is 6.10 Å². The van der Waals surface area contributed by atoms with Gasteiger partial charge in [0.05, 0.1) is 12.7 Å². The lowest BCUT2D eigenvalue weighted by Crippen LogP contribution is -2.11. The van der Waals surface area contributed by atoms with E-state index in [-0.39, 0.29) is 0 Å². The van der Waals surface area contributed by atoms with Gasteiger partial charge in [0.25, 0.3) is 0 Å². The number of aliphatic hydroxyl groups is 1. The Hall–Kier alpha value is -1.02. The lowest BCUT2D eigenvalue weighted by atomic mass is 10.0. The maximum Gasteiger partial charge on any atom is 0.125 e. The minimum absolute atomic E-state index is 0.480. The average Bonchev–Trinajstić information content (AvgIpc) is 2.31. The molecule has 1 N–H and O–H groups in total. The van der Waals surface area contributed by atoms with Gasteiger partial charge in [-0.2, -0.15) is 0 Å². The molecule has 1 aromatic carbocycles. The Balaban J connectivity index is 2.76. The van der Waals surface area contributed by atoms with Crippen LogP contribution < -0.4 is 4.74 Å². The van der Waals surface area contributed by atoms with E-state index in [1.165, 1.54) is 0 Å². The van der Waals surface area contributed by atoms with E-state index >= 15 is 0 Å². The van der Waals surface area contributed by atoms with Crippen molar-refractivity contribution in [3.05, 3.63) is 29.3 Å². The molecule has 1 atom stereocenters. The van der Waals surface area contributed by atoms with E-state index in [1.807, 2.05) is 25.1 Å². The van der Waals surface area contributed by atoms with Crippen LogP contribution in [0.3, 0.4) is 0 Å². The highest BCUT2D eigenvalue weighted by atomic mass is 16.5. The predicted octanol–water partition coefficient (Wildman–Crippen LogP) is 3.86. The van der Waals surface area contributed by atoms with Crippen LogP contribution >= 0.6 is 0 Å². The molecule has 0 aromatic heterocycles. The van der Waals surface area contributed by atoms with Gasteiger partial charge in [-0.1, -0.05) is 38.3 Å². The highest BCUT2D eigenvalue weighted by Crippen LogP contribution is 2.27. The van der Waals surface area contributed by atoms with Crippen LogP contribution in [0.2, 0.25) is 0 Å². The quantitative estimate of drug-likeness (QED) is 0.812. The smallest absolute Gasteiger partial charge is 0.125 e. The molecule has 0 saturated heterocycles. The summed E-state index contributed by atoms with van der Waals surface area (Å²) in [5.74, 6) is 1.41. The largest absolute Gasteiger partial charge is 0.493 e. The standard InChI is InChI=1S/C15H24O2/c1-5-13(6-2)10-17-15-8-7-11(3)9-14(15)12(4)16/h7-9,12-13,16H,5-6,10H2,1-4H3/t12-/m0/s1. The highest BCUT2D eigenvalue weighted by molar-refractivity contribution is 5.38. The van der Waals surface area contributed by atoms with E-state index in [9.17, 15) is 5.11 Å². The molecule has 0 spiro atoms. The minimum Gasteiger partial charge on any atom is -0.493 e. The summed E-state index contributed by atoms with van der Waals surface area (Å²) in [6.45, 7) is 8.90. The second kappa shape index (κ2) is 6.65. The Labute approximate surface area is 105 Å². The van der Waals surface area contributed by atoms with Gasteiger partial charge in [-0.15, -0.1) is 0 Å². The van der Waals surface area contributed by atoms with Crippen LogP contribution in [0.5, 0.6) is 5.75 Å². The first kappa shape index (κ1) is 14.0. The third kappa shape index (κ3) is 4.04. The van der Waals surface area contributed by atoms with E-state index in [0.29, 0.717) is 5.92 Å². The second-order valence-corrected chi connectivity index (χ2v) is 4.71. The van der Waals surface area contributed by atoms with Crippen LogP contribution in [0, 0.1) is 12.8 Å². The summed E-state index contributed by atoms with van der Waals surface area (Å²) in [5, 5.41) is 9.73. The minimum atomic E-state index is -0.480. The number of hydrogen-bond acceptors (Lipinski definition) is 2. The monoisotopic (exact) mass is 236 g/mol. The molecule has 0 unspecified atom stereocenters. The molecular formula is C15H24O2. The first-order valence-corrected chi connectivity index (χ1v) is 6.49. The lowest BCUT2D eigenvalue weighted by molar-refractivity contribution is 0.184. The zero-order valence-electron chi connectivity index (χ0n) is 11.4. The molecule has 1 aromatic rings. The summed E-state index contributed by atoms with van der Waals surface area (Å²) in [7, 11) is 0. The lowest BCUT2D eigenvalue weighted by Gasteiger charge is -2.17. The maximum absolute atomic E-state index is 9.73.